The number of hydrogen-bond acceptors (Lipinski definition) is 1. The molecule has 0 radical (unpaired) electrons. The first-order chi connectivity index (χ1) is 8.65. The number of nitrogens with zero attached hydrogens (tertiary/aromatic N) is 1. The molecule has 18 heavy (non-hydrogen) atoms. The van der Waals surface area contributed by atoms with Crippen molar-refractivity contribution in [2.75, 3.05) is 18.0 Å². The van der Waals surface area contributed by atoms with Crippen LogP contribution in [0.2, 0.25) is 0 Å². The number of rotatable bonds is 3. The minimum atomic E-state index is -0.445. The zero-order chi connectivity index (χ0) is 13.1. The maximum absolute atomic E-state index is 14.0. The van der Waals surface area contributed by atoms with Crippen molar-refractivity contribution in [3.63, 3.8) is 0 Å². The smallest absolute Gasteiger partial charge is 0.149 e. The van der Waals surface area contributed by atoms with Crippen LogP contribution in [0.25, 0.3) is 0 Å². The van der Waals surface area contributed by atoms with E-state index in [2.05, 4.69) is 22.9 Å². The Balaban J connectivity index is 2.19. The van der Waals surface area contributed by atoms with Gasteiger partial charge in [0.2, 0.25) is 0 Å². The number of piperidine rings is 1. The van der Waals surface area contributed by atoms with Gasteiger partial charge < -0.3 is 4.90 Å². The van der Waals surface area contributed by atoms with Gasteiger partial charge in [0.05, 0.1) is 0 Å². The molecule has 0 aliphatic carbocycles. The molecule has 0 bridgehead atoms. The van der Waals surface area contributed by atoms with Crippen LogP contribution in [0.1, 0.15) is 31.7 Å². The van der Waals surface area contributed by atoms with Crippen LogP contribution in [-0.2, 0) is 5.33 Å². The van der Waals surface area contributed by atoms with Gasteiger partial charge in [0, 0.05) is 18.4 Å². The molecule has 0 amide bonds. The molecule has 2 rings (SSSR count). The van der Waals surface area contributed by atoms with E-state index < -0.39 is 11.6 Å². The second kappa shape index (κ2) is 6.00. The standard InChI is InChI=1S/C14H18BrF2N/c1-2-10-3-5-18(6-4-10)14-12(16)7-11(9-15)8-13(14)17/h7-8,10H,2-6,9H2,1H3. The Morgan fingerprint density at radius 3 is 2.22 bits per heavy atom. The number of benzene rings is 1. The van der Waals surface area contributed by atoms with Crippen molar-refractivity contribution in [1.29, 1.82) is 0 Å². The summed E-state index contributed by atoms with van der Waals surface area (Å²) < 4.78 is 27.9. The van der Waals surface area contributed by atoms with E-state index in [1.807, 2.05) is 4.90 Å². The fourth-order valence-electron chi connectivity index (χ4n) is 2.56. The van der Waals surface area contributed by atoms with E-state index in [1.165, 1.54) is 12.1 Å². The second-order valence-corrected chi connectivity index (χ2v) is 5.44. The van der Waals surface area contributed by atoms with E-state index in [4.69, 9.17) is 0 Å². The molecule has 0 saturated carbocycles. The summed E-state index contributed by atoms with van der Waals surface area (Å²) in [5, 5.41) is 0.471. The highest BCUT2D eigenvalue weighted by molar-refractivity contribution is 9.08. The molecule has 4 heteroatoms. The van der Waals surface area contributed by atoms with Crippen LogP contribution in [0.5, 0.6) is 0 Å². The van der Waals surface area contributed by atoms with E-state index in [-0.39, 0.29) is 5.69 Å². The largest absolute Gasteiger partial charge is 0.367 e. The van der Waals surface area contributed by atoms with Gasteiger partial charge in [-0.3, -0.25) is 0 Å². The number of anilines is 1. The van der Waals surface area contributed by atoms with Crippen LogP contribution < -0.4 is 4.90 Å². The fourth-order valence-corrected chi connectivity index (χ4v) is 2.89. The van der Waals surface area contributed by atoms with Crippen LogP contribution in [-0.4, -0.2) is 13.1 Å². The average Bonchev–Trinajstić information content (AvgIpc) is 2.38. The molecule has 0 unspecified atom stereocenters. The molecule has 0 N–H and O–H groups in total. The molecule has 1 aliphatic rings. The van der Waals surface area contributed by atoms with Crippen LogP contribution in [0.15, 0.2) is 12.1 Å². The number of halogens is 3. The van der Waals surface area contributed by atoms with E-state index in [1.54, 1.807) is 0 Å². The molecule has 0 spiro atoms. The van der Waals surface area contributed by atoms with E-state index in [0.29, 0.717) is 16.8 Å². The van der Waals surface area contributed by atoms with Gasteiger partial charge in [0.15, 0.2) is 0 Å². The van der Waals surface area contributed by atoms with Gasteiger partial charge in [-0.05, 0) is 36.5 Å². The van der Waals surface area contributed by atoms with Crippen molar-refractivity contribution in [2.45, 2.75) is 31.5 Å². The average molecular weight is 318 g/mol. The predicted octanol–water partition coefficient (Wildman–Crippen LogP) is 4.49. The molecule has 1 heterocycles. The molecule has 1 nitrogen and oxygen atoms in total. The Bertz CT molecular complexity index is 391. The van der Waals surface area contributed by atoms with Crippen molar-refractivity contribution < 1.29 is 8.78 Å². The van der Waals surface area contributed by atoms with Crippen molar-refractivity contribution in [1.82, 2.24) is 0 Å². The van der Waals surface area contributed by atoms with Crippen molar-refractivity contribution in [2.24, 2.45) is 5.92 Å². The highest BCUT2D eigenvalue weighted by Gasteiger charge is 2.23. The monoisotopic (exact) mass is 317 g/mol. The lowest BCUT2D eigenvalue weighted by Gasteiger charge is -2.33. The Kier molecular flexibility index (Phi) is 4.60. The van der Waals surface area contributed by atoms with Gasteiger partial charge in [0.25, 0.3) is 0 Å². The topological polar surface area (TPSA) is 3.24 Å². The molecule has 0 aromatic heterocycles. The summed E-state index contributed by atoms with van der Waals surface area (Å²) >= 11 is 3.22. The van der Waals surface area contributed by atoms with Gasteiger partial charge in [0.1, 0.15) is 17.3 Å². The number of hydrogen-bond donors (Lipinski definition) is 0. The van der Waals surface area contributed by atoms with Crippen molar-refractivity contribution >= 4 is 21.6 Å². The quantitative estimate of drug-likeness (QED) is 0.743. The molecule has 100 valence electrons. The summed E-state index contributed by atoms with van der Waals surface area (Å²) in [5.74, 6) is -0.187. The predicted molar refractivity (Wildman–Crippen MR) is 74.2 cm³/mol. The Morgan fingerprint density at radius 1 is 1.22 bits per heavy atom. The first kappa shape index (κ1) is 13.8. The number of alkyl halides is 1. The molecule has 1 saturated heterocycles. The van der Waals surface area contributed by atoms with Gasteiger partial charge in [-0.15, -0.1) is 0 Å². The van der Waals surface area contributed by atoms with Crippen LogP contribution >= 0.6 is 15.9 Å². The Morgan fingerprint density at radius 2 is 1.78 bits per heavy atom. The molecule has 1 aliphatic heterocycles. The zero-order valence-electron chi connectivity index (χ0n) is 10.6. The SMILES string of the molecule is CCC1CCN(c2c(F)cc(CBr)cc2F)CC1. The highest BCUT2D eigenvalue weighted by Crippen LogP contribution is 2.30. The Hall–Kier alpha value is -0.640. The summed E-state index contributed by atoms with van der Waals surface area (Å²) in [4.78, 5) is 1.84. The van der Waals surface area contributed by atoms with Crippen LogP contribution in [0, 0.1) is 17.6 Å². The van der Waals surface area contributed by atoms with Gasteiger partial charge >= 0.3 is 0 Å². The maximum Gasteiger partial charge on any atom is 0.149 e. The molecule has 1 aromatic rings. The van der Waals surface area contributed by atoms with Crippen molar-refractivity contribution in [3.05, 3.63) is 29.3 Å². The first-order valence-corrected chi connectivity index (χ1v) is 7.56. The molecular weight excluding hydrogens is 300 g/mol. The maximum atomic E-state index is 14.0. The van der Waals surface area contributed by atoms with E-state index >= 15 is 0 Å². The summed E-state index contributed by atoms with van der Waals surface area (Å²) in [6.45, 7) is 3.67. The minimum Gasteiger partial charge on any atom is -0.367 e. The molecule has 1 aromatic carbocycles. The third-order valence-electron chi connectivity index (χ3n) is 3.74. The molecular formula is C14H18BrF2N. The molecule has 1 fully saturated rings. The summed E-state index contributed by atoms with van der Waals surface area (Å²) in [6.07, 6.45) is 3.20. The van der Waals surface area contributed by atoms with Crippen molar-refractivity contribution in [3.8, 4) is 0 Å². The lowest BCUT2D eigenvalue weighted by atomic mass is 9.94. The van der Waals surface area contributed by atoms with E-state index in [0.717, 1.165) is 32.4 Å². The van der Waals surface area contributed by atoms with Gasteiger partial charge in [-0.25, -0.2) is 8.78 Å². The lowest BCUT2D eigenvalue weighted by Crippen LogP contribution is -2.34. The second-order valence-electron chi connectivity index (χ2n) is 4.88. The highest BCUT2D eigenvalue weighted by atomic mass is 79.9. The summed E-state index contributed by atoms with van der Waals surface area (Å²) in [7, 11) is 0. The van der Waals surface area contributed by atoms with Gasteiger partial charge in [-0.1, -0.05) is 29.3 Å². The minimum absolute atomic E-state index is 0.147. The Labute approximate surface area is 115 Å². The van der Waals surface area contributed by atoms with Gasteiger partial charge in [-0.2, -0.15) is 0 Å². The normalized spacial score (nSPS) is 17.2. The van der Waals surface area contributed by atoms with Crippen LogP contribution in [0.4, 0.5) is 14.5 Å². The summed E-state index contributed by atoms with van der Waals surface area (Å²) in [5.41, 5.74) is 0.784. The lowest BCUT2D eigenvalue weighted by molar-refractivity contribution is 0.389. The zero-order valence-corrected chi connectivity index (χ0v) is 12.1. The fraction of sp³-hybridized carbons (Fsp3) is 0.571. The third kappa shape index (κ3) is 2.85. The van der Waals surface area contributed by atoms with E-state index in [9.17, 15) is 8.78 Å². The molecule has 0 atom stereocenters. The summed E-state index contributed by atoms with van der Waals surface area (Å²) in [6, 6.07) is 2.83. The third-order valence-corrected chi connectivity index (χ3v) is 4.39. The van der Waals surface area contributed by atoms with Crippen LogP contribution in [0.3, 0.4) is 0 Å². The first-order valence-electron chi connectivity index (χ1n) is 6.44.